The van der Waals surface area contributed by atoms with Crippen LogP contribution in [-0.4, -0.2) is 17.3 Å². The molecule has 0 heterocycles. The van der Waals surface area contributed by atoms with Crippen molar-refractivity contribution in [3.05, 3.63) is 29.3 Å². The molecule has 1 aliphatic rings. The van der Waals surface area contributed by atoms with E-state index in [-0.39, 0.29) is 12.2 Å². The fourth-order valence-corrected chi connectivity index (χ4v) is 2.31. The SMILES string of the molecule is Cc1ccc(C(C)C)cc1OC1CCC(O)C1. The third-order valence-electron chi connectivity index (χ3n) is 3.53. The van der Waals surface area contributed by atoms with E-state index >= 15 is 0 Å². The number of hydrogen-bond acceptors (Lipinski definition) is 2. The lowest BCUT2D eigenvalue weighted by atomic mass is 10.0. The molecule has 0 aliphatic heterocycles. The molecular weight excluding hydrogens is 212 g/mol. The summed E-state index contributed by atoms with van der Waals surface area (Å²) in [7, 11) is 0. The van der Waals surface area contributed by atoms with Gasteiger partial charge in [0.15, 0.2) is 0 Å². The van der Waals surface area contributed by atoms with E-state index in [4.69, 9.17) is 4.74 Å². The first kappa shape index (κ1) is 12.4. The number of hydrogen-bond donors (Lipinski definition) is 1. The Kier molecular flexibility index (Phi) is 3.72. The molecule has 0 saturated heterocycles. The molecule has 0 bridgehead atoms. The van der Waals surface area contributed by atoms with E-state index in [9.17, 15) is 5.11 Å². The smallest absolute Gasteiger partial charge is 0.122 e. The zero-order chi connectivity index (χ0) is 12.4. The van der Waals surface area contributed by atoms with Gasteiger partial charge >= 0.3 is 0 Å². The van der Waals surface area contributed by atoms with E-state index in [1.165, 1.54) is 11.1 Å². The highest BCUT2D eigenvalue weighted by atomic mass is 16.5. The highest BCUT2D eigenvalue weighted by molar-refractivity contribution is 5.38. The van der Waals surface area contributed by atoms with Crippen LogP contribution in [0.1, 0.15) is 50.2 Å². The minimum Gasteiger partial charge on any atom is -0.490 e. The van der Waals surface area contributed by atoms with Gasteiger partial charge in [-0.1, -0.05) is 26.0 Å². The predicted molar refractivity (Wildman–Crippen MR) is 69.5 cm³/mol. The van der Waals surface area contributed by atoms with Gasteiger partial charge in [0.1, 0.15) is 11.9 Å². The van der Waals surface area contributed by atoms with Crippen LogP contribution in [-0.2, 0) is 0 Å². The summed E-state index contributed by atoms with van der Waals surface area (Å²) in [6, 6.07) is 6.43. The lowest BCUT2D eigenvalue weighted by Gasteiger charge is -2.17. The molecule has 1 fully saturated rings. The number of aryl methyl sites for hydroxylation is 1. The van der Waals surface area contributed by atoms with Crippen molar-refractivity contribution in [2.24, 2.45) is 0 Å². The molecule has 2 atom stereocenters. The minimum atomic E-state index is -0.173. The number of aliphatic hydroxyl groups excluding tert-OH is 1. The maximum atomic E-state index is 9.51. The molecule has 1 saturated carbocycles. The number of benzene rings is 1. The standard InChI is InChI=1S/C15H22O2/c1-10(2)12-5-4-11(3)15(8-12)17-14-7-6-13(16)9-14/h4-5,8,10,13-14,16H,6-7,9H2,1-3H3. The fraction of sp³-hybridized carbons (Fsp3) is 0.600. The zero-order valence-electron chi connectivity index (χ0n) is 10.9. The van der Waals surface area contributed by atoms with Crippen LogP contribution in [0.15, 0.2) is 18.2 Å². The van der Waals surface area contributed by atoms with Gasteiger partial charge in [-0.25, -0.2) is 0 Å². The van der Waals surface area contributed by atoms with Gasteiger partial charge in [0.25, 0.3) is 0 Å². The van der Waals surface area contributed by atoms with Crippen LogP contribution in [0.4, 0.5) is 0 Å². The van der Waals surface area contributed by atoms with E-state index < -0.39 is 0 Å². The second-order valence-corrected chi connectivity index (χ2v) is 5.39. The number of ether oxygens (including phenoxy) is 1. The average molecular weight is 234 g/mol. The van der Waals surface area contributed by atoms with Crippen molar-refractivity contribution in [3.63, 3.8) is 0 Å². The quantitative estimate of drug-likeness (QED) is 0.868. The molecule has 2 unspecified atom stereocenters. The topological polar surface area (TPSA) is 29.5 Å². The first-order valence-electron chi connectivity index (χ1n) is 6.51. The van der Waals surface area contributed by atoms with Gasteiger partial charge in [-0.05, 0) is 42.9 Å². The van der Waals surface area contributed by atoms with Crippen LogP contribution in [0.2, 0.25) is 0 Å². The monoisotopic (exact) mass is 234 g/mol. The molecule has 0 amide bonds. The van der Waals surface area contributed by atoms with Gasteiger partial charge in [0.2, 0.25) is 0 Å². The van der Waals surface area contributed by atoms with E-state index in [1.54, 1.807) is 0 Å². The lowest BCUT2D eigenvalue weighted by molar-refractivity contribution is 0.149. The molecule has 1 aromatic carbocycles. The third kappa shape index (κ3) is 3.01. The summed E-state index contributed by atoms with van der Waals surface area (Å²) < 4.78 is 6.01. The maximum Gasteiger partial charge on any atom is 0.122 e. The first-order valence-corrected chi connectivity index (χ1v) is 6.51. The second kappa shape index (κ2) is 5.09. The van der Waals surface area contributed by atoms with Crippen LogP contribution in [0.3, 0.4) is 0 Å². The Balaban J connectivity index is 2.11. The molecule has 94 valence electrons. The van der Waals surface area contributed by atoms with Gasteiger partial charge in [-0.3, -0.25) is 0 Å². The fourth-order valence-electron chi connectivity index (χ4n) is 2.31. The summed E-state index contributed by atoms with van der Waals surface area (Å²) in [5.74, 6) is 1.50. The van der Waals surface area contributed by atoms with E-state index in [1.807, 2.05) is 0 Å². The van der Waals surface area contributed by atoms with E-state index in [2.05, 4.69) is 39.0 Å². The molecule has 17 heavy (non-hydrogen) atoms. The van der Waals surface area contributed by atoms with Gasteiger partial charge < -0.3 is 9.84 Å². The zero-order valence-corrected chi connectivity index (χ0v) is 10.9. The molecule has 0 radical (unpaired) electrons. The second-order valence-electron chi connectivity index (χ2n) is 5.39. The Morgan fingerprint density at radius 1 is 1.29 bits per heavy atom. The summed E-state index contributed by atoms with van der Waals surface area (Å²) in [5, 5.41) is 9.51. The molecule has 1 N–H and O–H groups in total. The highest BCUT2D eigenvalue weighted by Gasteiger charge is 2.24. The summed E-state index contributed by atoms with van der Waals surface area (Å²) >= 11 is 0. The Morgan fingerprint density at radius 2 is 2.06 bits per heavy atom. The van der Waals surface area contributed by atoms with Gasteiger partial charge in [0.05, 0.1) is 6.10 Å². The van der Waals surface area contributed by atoms with Crippen molar-refractivity contribution in [2.75, 3.05) is 0 Å². The maximum absolute atomic E-state index is 9.51. The third-order valence-corrected chi connectivity index (χ3v) is 3.53. The van der Waals surface area contributed by atoms with Crippen LogP contribution < -0.4 is 4.74 Å². The molecule has 0 spiro atoms. The first-order chi connectivity index (χ1) is 8.06. The molecule has 0 aromatic heterocycles. The largest absolute Gasteiger partial charge is 0.490 e. The van der Waals surface area contributed by atoms with Gasteiger partial charge in [0, 0.05) is 6.42 Å². The summed E-state index contributed by atoms with van der Waals surface area (Å²) in [5.41, 5.74) is 2.49. The molecule has 2 rings (SSSR count). The van der Waals surface area contributed by atoms with Crippen LogP contribution in [0, 0.1) is 6.92 Å². The van der Waals surface area contributed by atoms with Crippen molar-refractivity contribution in [2.45, 2.75) is 58.2 Å². The number of aliphatic hydroxyl groups is 1. The normalized spacial score (nSPS) is 24.3. The van der Waals surface area contributed by atoms with Crippen LogP contribution >= 0.6 is 0 Å². The highest BCUT2D eigenvalue weighted by Crippen LogP contribution is 2.29. The minimum absolute atomic E-state index is 0.173. The summed E-state index contributed by atoms with van der Waals surface area (Å²) in [6.07, 6.45) is 2.62. The average Bonchev–Trinajstić information content (AvgIpc) is 2.67. The summed E-state index contributed by atoms with van der Waals surface area (Å²) in [6.45, 7) is 6.45. The van der Waals surface area contributed by atoms with Crippen LogP contribution in [0.5, 0.6) is 5.75 Å². The summed E-state index contributed by atoms with van der Waals surface area (Å²) in [4.78, 5) is 0. The van der Waals surface area contributed by atoms with Crippen LogP contribution in [0.25, 0.3) is 0 Å². The van der Waals surface area contributed by atoms with Crippen molar-refractivity contribution in [3.8, 4) is 5.75 Å². The Bertz CT molecular complexity index is 385. The molecule has 1 aliphatic carbocycles. The molecular formula is C15H22O2. The van der Waals surface area contributed by atoms with Crippen molar-refractivity contribution >= 4 is 0 Å². The van der Waals surface area contributed by atoms with E-state index in [0.717, 1.165) is 25.0 Å². The van der Waals surface area contributed by atoms with Crippen molar-refractivity contribution < 1.29 is 9.84 Å². The predicted octanol–water partition coefficient (Wildman–Crippen LogP) is 3.41. The molecule has 2 heteroatoms. The Labute approximate surface area is 104 Å². The molecule has 1 aromatic rings. The Morgan fingerprint density at radius 3 is 2.65 bits per heavy atom. The van der Waals surface area contributed by atoms with E-state index in [0.29, 0.717) is 5.92 Å². The molecule has 2 nitrogen and oxygen atoms in total. The van der Waals surface area contributed by atoms with Crippen molar-refractivity contribution in [1.82, 2.24) is 0 Å². The lowest BCUT2D eigenvalue weighted by Crippen LogP contribution is -2.14. The van der Waals surface area contributed by atoms with Crippen molar-refractivity contribution in [1.29, 1.82) is 0 Å². The van der Waals surface area contributed by atoms with Gasteiger partial charge in [-0.15, -0.1) is 0 Å². The van der Waals surface area contributed by atoms with Gasteiger partial charge in [-0.2, -0.15) is 0 Å². The number of rotatable bonds is 3. The Hall–Kier alpha value is -1.02.